The quantitative estimate of drug-likeness (QED) is 0.581. The van der Waals surface area contributed by atoms with Crippen LogP contribution in [0.5, 0.6) is 0 Å². The minimum absolute atomic E-state index is 0.346. The van der Waals surface area contributed by atoms with E-state index in [-0.39, 0.29) is 6.10 Å². The number of benzene rings is 2. The molecule has 1 aliphatic rings. The largest absolute Gasteiger partial charge is 0.251 e. The Hall–Kier alpha value is -1.64. The number of hydrogen-bond acceptors (Lipinski definition) is 2. The maximum absolute atomic E-state index is 9.08. The van der Waals surface area contributed by atoms with Crippen LogP contribution in [0.2, 0.25) is 0 Å². The van der Waals surface area contributed by atoms with Crippen molar-refractivity contribution in [2.24, 2.45) is 0 Å². The van der Waals surface area contributed by atoms with Crippen LogP contribution in [-0.4, -0.2) is 5.26 Å². The van der Waals surface area contributed by atoms with Gasteiger partial charge in [-0.1, -0.05) is 48.5 Å². The third-order valence-corrected chi connectivity index (χ3v) is 3.16. The molecule has 0 aromatic heterocycles. The predicted molar refractivity (Wildman–Crippen MR) is 61.2 cm³/mol. The first-order valence-electron chi connectivity index (χ1n) is 5.36. The van der Waals surface area contributed by atoms with Gasteiger partial charge in [-0.05, 0) is 28.7 Å². The molecule has 1 aliphatic carbocycles. The topological polar surface area (TPSA) is 29.5 Å². The maximum Gasteiger partial charge on any atom is 0.143 e. The molecule has 3 rings (SSSR count). The molecule has 2 heteroatoms. The third-order valence-electron chi connectivity index (χ3n) is 3.16. The van der Waals surface area contributed by atoms with E-state index in [2.05, 4.69) is 17.0 Å². The van der Waals surface area contributed by atoms with Crippen LogP contribution >= 0.6 is 0 Å². The lowest BCUT2D eigenvalue weighted by molar-refractivity contribution is -0.271. The van der Waals surface area contributed by atoms with E-state index in [0.29, 0.717) is 0 Å². The van der Waals surface area contributed by atoms with E-state index in [1.54, 1.807) is 0 Å². The van der Waals surface area contributed by atoms with E-state index in [4.69, 9.17) is 5.26 Å². The van der Waals surface area contributed by atoms with Crippen molar-refractivity contribution >= 4 is 0 Å². The molecular weight excluding hydrogens is 200 g/mol. The minimum Gasteiger partial charge on any atom is -0.251 e. The lowest BCUT2D eigenvalue weighted by atomic mass is 9.84. The molecule has 0 aliphatic heterocycles. The third kappa shape index (κ3) is 1.35. The summed E-state index contributed by atoms with van der Waals surface area (Å²) in [4.78, 5) is 4.64. The highest BCUT2D eigenvalue weighted by molar-refractivity contribution is 5.47. The molecule has 0 saturated carbocycles. The van der Waals surface area contributed by atoms with Crippen LogP contribution in [0.1, 0.15) is 28.4 Å². The lowest BCUT2D eigenvalue weighted by Gasteiger charge is -2.25. The molecule has 16 heavy (non-hydrogen) atoms. The van der Waals surface area contributed by atoms with Crippen LogP contribution in [0.3, 0.4) is 0 Å². The van der Waals surface area contributed by atoms with E-state index < -0.39 is 0 Å². The second kappa shape index (κ2) is 3.74. The minimum atomic E-state index is -0.346. The van der Waals surface area contributed by atoms with Gasteiger partial charge in [0.15, 0.2) is 0 Å². The van der Waals surface area contributed by atoms with Crippen molar-refractivity contribution in [2.75, 3.05) is 0 Å². The summed E-state index contributed by atoms with van der Waals surface area (Å²) >= 11 is 0. The molecule has 0 radical (unpaired) electrons. The molecule has 0 amide bonds. The Morgan fingerprint density at radius 2 is 1.38 bits per heavy atom. The zero-order chi connectivity index (χ0) is 11.0. The molecule has 0 heterocycles. The Bertz CT molecular complexity index is 474. The molecule has 0 saturated heterocycles. The van der Waals surface area contributed by atoms with Crippen molar-refractivity contribution in [2.45, 2.75) is 12.5 Å². The summed E-state index contributed by atoms with van der Waals surface area (Å²) in [6.07, 6.45) is 0.563. The van der Waals surface area contributed by atoms with E-state index >= 15 is 0 Å². The van der Waals surface area contributed by atoms with Crippen molar-refractivity contribution in [3.8, 4) is 0 Å². The van der Waals surface area contributed by atoms with Gasteiger partial charge < -0.3 is 0 Å². The van der Waals surface area contributed by atoms with Gasteiger partial charge in [-0.25, -0.2) is 4.89 Å². The maximum atomic E-state index is 9.08. The summed E-state index contributed by atoms with van der Waals surface area (Å²) in [5.74, 6) is 0. The average Bonchev–Trinajstić information content (AvgIpc) is 2.36. The molecule has 2 aromatic carbocycles. The summed E-state index contributed by atoms with van der Waals surface area (Å²) in [6, 6.07) is 16.1. The Kier molecular flexibility index (Phi) is 2.24. The Morgan fingerprint density at radius 3 is 1.88 bits per heavy atom. The molecule has 0 atom stereocenters. The standard InChI is InChI=1S/C14H12O2/c15-16-14-12-7-3-1-5-10(12)9-11-6-2-4-8-13(11)14/h1-8,14-15H,9H2. The molecule has 0 bridgehead atoms. The van der Waals surface area contributed by atoms with Gasteiger partial charge in [0.05, 0.1) is 0 Å². The number of hydrogen-bond donors (Lipinski definition) is 1. The van der Waals surface area contributed by atoms with Gasteiger partial charge in [0.2, 0.25) is 0 Å². The predicted octanol–water partition coefficient (Wildman–Crippen LogP) is 3.17. The normalized spacial score (nSPS) is 14.3. The van der Waals surface area contributed by atoms with Crippen LogP contribution in [-0.2, 0) is 11.3 Å². The zero-order valence-corrected chi connectivity index (χ0v) is 8.76. The fourth-order valence-corrected chi connectivity index (χ4v) is 2.39. The first-order chi connectivity index (χ1) is 7.90. The monoisotopic (exact) mass is 212 g/mol. The van der Waals surface area contributed by atoms with E-state index in [1.807, 2.05) is 36.4 Å². The smallest absolute Gasteiger partial charge is 0.143 e. The van der Waals surface area contributed by atoms with E-state index in [0.717, 1.165) is 17.5 Å². The molecule has 2 aromatic rings. The van der Waals surface area contributed by atoms with Crippen molar-refractivity contribution < 1.29 is 10.1 Å². The van der Waals surface area contributed by atoms with Crippen LogP contribution in [0.4, 0.5) is 0 Å². The summed E-state index contributed by atoms with van der Waals surface area (Å²) < 4.78 is 0. The van der Waals surface area contributed by atoms with Crippen LogP contribution < -0.4 is 0 Å². The van der Waals surface area contributed by atoms with Gasteiger partial charge in [-0.15, -0.1) is 0 Å². The zero-order valence-electron chi connectivity index (χ0n) is 8.76. The fourth-order valence-electron chi connectivity index (χ4n) is 2.39. The average molecular weight is 212 g/mol. The first-order valence-corrected chi connectivity index (χ1v) is 5.36. The highest BCUT2D eigenvalue weighted by Gasteiger charge is 2.25. The summed E-state index contributed by atoms with van der Waals surface area (Å²) in [6.45, 7) is 0. The molecular formula is C14H12O2. The SMILES string of the molecule is OOC1c2ccccc2Cc2ccccc21. The Labute approximate surface area is 94.0 Å². The fraction of sp³-hybridized carbons (Fsp3) is 0.143. The molecule has 0 spiro atoms. The van der Waals surface area contributed by atoms with Crippen LogP contribution in [0.25, 0.3) is 0 Å². The lowest BCUT2D eigenvalue weighted by Crippen LogP contribution is -2.15. The van der Waals surface area contributed by atoms with Crippen molar-refractivity contribution in [1.82, 2.24) is 0 Å². The van der Waals surface area contributed by atoms with Crippen LogP contribution in [0, 0.1) is 0 Å². The van der Waals surface area contributed by atoms with Crippen molar-refractivity contribution in [1.29, 1.82) is 0 Å². The second-order valence-electron chi connectivity index (χ2n) is 4.06. The molecule has 0 fully saturated rings. The molecule has 0 unspecified atom stereocenters. The number of rotatable bonds is 1. The van der Waals surface area contributed by atoms with Crippen molar-refractivity contribution in [3.05, 3.63) is 70.8 Å². The first kappa shape index (κ1) is 9.58. The molecule has 1 N–H and O–H groups in total. The Balaban J connectivity index is 2.19. The second-order valence-corrected chi connectivity index (χ2v) is 4.06. The van der Waals surface area contributed by atoms with Gasteiger partial charge in [0.25, 0.3) is 0 Å². The summed E-state index contributed by atoms with van der Waals surface area (Å²) in [7, 11) is 0. The van der Waals surface area contributed by atoms with Crippen molar-refractivity contribution in [3.63, 3.8) is 0 Å². The van der Waals surface area contributed by atoms with E-state index in [9.17, 15) is 0 Å². The van der Waals surface area contributed by atoms with Gasteiger partial charge in [0, 0.05) is 0 Å². The number of fused-ring (bicyclic) bond motifs is 2. The van der Waals surface area contributed by atoms with Gasteiger partial charge in [0.1, 0.15) is 6.10 Å². The Morgan fingerprint density at radius 1 is 0.875 bits per heavy atom. The molecule has 80 valence electrons. The van der Waals surface area contributed by atoms with Gasteiger partial charge in [-0.2, -0.15) is 0 Å². The highest BCUT2D eigenvalue weighted by Crippen LogP contribution is 2.36. The van der Waals surface area contributed by atoms with Gasteiger partial charge >= 0.3 is 0 Å². The summed E-state index contributed by atoms with van der Waals surface area (Å²) in [5.41, 5.74) is 4.56. The van der Waals surface area contributed by atoms with E-state index in [1.165, 1.54) is 11.1 Å². The van der Waals surface area contributed by atoms with Gasteiger partial charge in [-0.3, -0.25) is 5.26 Å². The molecule has 2 nitrogen and oxygen atoms in total. The highest BCUT2D eigenvalue weighted by atomic mass is 17.1. The van der Waals surface area contributed by atoms with Crippen LogP contribution in [0.15, 0.2) is 48.5 Å². The summed E-state index contributed by atoms with van der Waals surface area (Å²) in [5, 5.41) is 9.08.